The van der Waals surface area contributed by atoms with Crippen molar-refractivity contribution in [1.82, 2.24) is 0 Å². The van der Waals surface area contributed by atoms with Gasteiger partial charge < -0.3 is 9.47 Å². The van der Waals surface area contributed by atoms with Crippen molar-refractivity contribution in [3.8, 4) is 5.75 Å². The summed E-state index contributed by atoms with van der Waals surface area (Å²) in [6, 6.07) is 1.55. The van der Waals surface area contributed by atoms with E-state index in [4.69, 9.17) is 4.74 Å². The van der Waals surface area contributed by atoms with Crippen molar-refractivity contribution in [2.24, 2.45) is 0 Å². The van der Waals surface area contributed by atoms with Crippen LogP contribution in [-0.2, 0) is 9.53 Å². The molecule has 1 rings (SSSR count). The molecule has 0 heterocycles. The molecule has 98 valence electrons. The second kappa shape index (κ2) is 6.09. The lowest BCUT2D eigenvalue weighted by molar-refractivity contribution is -0.140. The van der Waals surface area contributed by atoms with Crippen LogP contribution < -0.4 is 4.74 Å². The monoisotopic (exact) mass is 258 g/mol. The van der Waals surface area contributed by atoms with Crippen LogP contribution in [0, 0.1) is 11.6 Å². The van der Waals surface area contributed by atoms with Crippen LogP contribution in [0.1, 0.15) is 23.2 Å². The van der Waals surface area contributed by atoms with E-state index in [1.54, 1.807) is 0 Å². The first-order chi connectivity index (χ1) is 8.49. The van der Waals surface area contributed by atoms with Crippen LogP contribution in [-0.4, -0.2) is 26.0 Å². The Bertz CT molecular complexity index is 471. The smallest absolute Gasteiger partial charge is 0.305 e. The Kier molecular flexibility index (Phi) is 4.76. The highest BCUT2D eigenvalue weighted by Gasteiger charge is 2.17. The Hall–Kier alpha value is -1.98. The van der Waals surface area contributed by atoms with Crippen molar-refractivity contribution in [2.45, 2.75) is 12.8 Å². The third-order valence-corrected chi connectivity index (χ3v) is 2.33. The number of carbonyl (C=O) groups excluding carboxylic acids is 2. The number of ether oxygens (including phenoxy) is 2. The summed E-state index contributed by atoms with van der Waals surface area (Å²) in [6.07, 6.45) is -0.286. The summed E-state index contributed by atoms with van der Waals surface area (Å²) in [7, 11) is 2.44. The summed E-state index contributed by atoms with van der Waals surface area (Å²) in [5.41, 5.74) is -0.0969. The van der Waals surface area contributed by atoms with E-state index < -0.39 is 23.4 Å². The molecule has 0 N–H and O–H groups in total. The number of Topliss-reactive ketones (excluding diaryl/α,β-unsaturated/α-hetero) is 1. The maximum Gasteiger partial charge on any atom is 0.305 e. The average molecular weight is 258 g/mol. The van der Waals surface area contributed by atoms with Gasteiger partial charge >= 0.3 is 5.97 Å². The van der Waals surface area contributed by atoms with E-state index in [2.05, 4.69) is 4.74 Å². The lowest BCUT2D eigenvalue weighted by Gasteiger charge is -2.08. The van der Waals surface area contributed by atoms with Crippen molar-refractivity contribution in [2.75, 3.05) is 14.2 Å². The lowest BCUT2D eigenvalue weighted by Crippen LogP contribution is -2.08. The average Bonchev–Trinajstić information content (AvgIpc) is 2.37. The van der Waals surface area contributed by atoms with Gasteiger partial charge in [0.1, 0.15) is 5.75 Å². The topological polar surface area (TPSA) is 52.6 Å². The zero-order chi connectivity index (χ0) is 13.7. The van der Waals surface area contributed by atoms with Crippen LogP contribution in [0.3, 0.4) is 0 Å². The van der Waals surface area contributed by atoms with Crippen LogP contribution in [0.2, 0.25) is 0 Å². The first-order valence-electron chi connectivity index (χ1n) is 5.12. The van der Waals surface area contributed by atoms with Crippen LogP contribution in [0.4, 0.5) is 8.78 Å². The second-order valence-electron chi connectivity index (χ2n) is 3.47. The number of hydrogen-bond donors (Lipinski definition) is 0. The SMILES string of the molecule is COC(=O)CCC(=O)c1cc(F)c(F)cc1OC. The molecule has 0 fully saturated rings. The quantitative estimate of drug-likeness (QED) is 0.599. The number of benzene rings is 1. The molecule has 4 nitrogen and oxygen atoms in total. The Labute approximate surface area is 103 Å². The number of hydrogen-bond acceptors (Lipinski definition) is 4. The van der Waals surface area contributed by atoms with Crippen LogP contribution >= 0.6 is 0 Å². The number of halogens is 2. The summed E-state index contributed by atoms with van der Waals surface area (Å²) in [6.45, 7) is 0. The third kappa shape index (κ3) is 3.26. The molecule has 1 aromatic rings. The second-order valence-corrected chi connectivity index (χ2v) is 3.47. The van der Waals surface area contributed by atoms with Crippen molar-refractivity contribution in [3.63, 3.8) is 0 Å². The summed E-state index contributed by atoms with van der Waals surface area (Å²) in [4.78, 5) is 22.6. The van der Waals surface area contributed by atoms with Gasteiger partial charge in [-0.3, -0.25) is 9.59 Å². The first kappa shape index (κ1) is 14.1. The van der Waals surface area contributed by atoms with Gasteiger partial charge in [-0.1, -0.05) is 0 Å². The van der Waals surface area contributed by atoms with Gasteiger partial charge in [0.15, 0.2) is 17.4 Å². The van der Waals surface area contributed by atoms with Crippen molar-refractivity contribution in [3.05, 3.63) is 29.3 Å². The molecule has 0 saturated heterocycles. The standard InChI is InChI=1S/C12H12F2O4/c1-17-11-6-9(14)8(13)5-7(11)10(15)3-4-12(16)18-2/h5-6H,3-4H2,1-2H3. The number of esters is 1. The normalized spacial score (nSPS) is 10.0. The molecule has 1 aromatic carbocycles. The molecule has 0 atom stereocenters. The number of ketones is 1. The first-order valence-corrected chi connectivity index (χ1v) is 5.12. The molecule has 0 bridgehead atoms. The molecule has 0 radical (unpaired) electrons. The summed E-state index contributed by atoms with van der Waals surface area (Å²) in [5.74, 6) is -3.38. The molecule has 0 unspecified atom stereocenters. The Balaban J connectivity index is 2.91. The number of carbonyl (C=O) groups is 2. The van der Waals surface area contributed by atoms with Gasteiger partial charge in [0, 0.05) is 12.5 Å². The Morgan fingerprint density at radius 1 is 1.11 bits per heavy atom. The van der Waals surface area contributed by atoms with Gasteiger partial charge in [0.25, 0.3) is 0 Å². The molecule has 18 heavy (non-hydrogen) atoms. The lowest BCUT2D eigenvalue weighted by atomic mass is 10.1. The predicted octanol–water partition coefficient (Wildman–Crippen LogP) is 2.11. The number of methoxy groups -OCH3 is 2. The molecule has 0 aliphatic heterocycles. The molecule has 0 aromatic heterocycles. The van der Waals surface area contributed by atoms with Crippen LogP contribution in [0.25, 0.3) is 0 Å². The summed E-state index contributed by atoms with van der Waals surface area (Å²) >= 11 is 0. The van der Waals surface area contributed by atoms with Gasteiger partial charge in [-0.2, -0.15) is 0 Å². The van der Waals surface area contributed by atoms with Crippen LogP contribution in [0.15, 0.2) is 12.1 Å². The van der Waals surface area contributed by atoms with Gasteiger partial charge in [-0.25, -0.2) is 8.78 Å². The molecular weight excluding hydrogens is 246 g/mol. The summed E-state index contributed by atoms with van der Waals surface area (Å²) in [5, 5.41) is 0. The van der Waals surface area contributed by atoms with E-state index in [-0.39, 0.29) is 24.2 Å². The minimum atomic E-state index is -1.14. The van der Waals surface area contributed by atoms with Gasteiger partial charge in [-0.15, -0.1) is 0 Å². The molecule has 0 amide bonds. The highest BCUT2D eigenvalue weighted by Crippen LogP contribution is 2.23. The molecule has 0 aliphatic carbocycles. The fourth-order valence-electron chi connectivity index (χ4n) is 1.37. The molecule has 0 saturated carbocycles. The van der Waals surface area contributed by atoms with E-state index in [0.29, 0.717) is 0 Å². The maximum atomic E-state index is 13.0. The largest absolute Gasteiger partial charge is 0.496 e. The zero-order valence-electron chi connectivity index (χ0n) is 9.96. The zero-order valence-corrected chi connectivity index (χ0v) is 9.96. The highest BCUT2D eigenvalue weighted by molar-refractivity contribution is 5.99. The van der Waals surface area contributed by atoms with Gasteiger partial charge in [0.05, 0.1) is 26.2 Å². The van der Waals surface area contributed by atoms with Crippen molar-refractivity contribution < 1.29 is 27.8 Å². The van der Waals surface area contributed by atoms with E-state index in [0.717, 1.165) is 12.1 Å². The molecular formula is C12H12F2O4. The van der Waals surface area contributed by atoms with Gasteiger partial charge in [-0.05, 0) is 6.07 Å². The molecule has 0 spiro atoms. The van der Waals surface area contributed by atoms with E-state index in [9.17, 15) is 18.4 Å². The molecule has 6 heteroatoms. The number of rotatable bonds is 5. The molecule has 0 aliphatic rings. The predicted molar refractivity (Wildman–Crippen MR) is 58.5 cm³/mol. The van der Waals surface area contributed by atoms with Crippen molar-refractivity contribution in [1.29, 1.82) is 0 Å². The maximum absolute atomic E-state index is 13.0. The summed E-state index contributed by atoms with van der Waals surface area (Å²) < 4.78 is 35.2. The van der Waals surface area contributed by atoms with Crippen molar-refractivity contribution >= 4 is 11.8 Å². The highest BCUT2D eigenvalue weighted by atomic mass is 19.2. The fraction of sp³-hybridized carbons (Fsp3) is 0.333. The Morgan fingerprint density at radius 2 is 1.72 bits per heavy atom. The van der Waals surface area contributed by atoms with Crippen LogP contribution in [0.5, 0.6) is 5.75 Å². The fourth-order valence-corrected chi connectivity index (χ4v) is 1.37. The van der Waals surface area contributed by atoms with Gasteiger partial charge in [0.2, 0.25) is 0 Å². The van der Waals surface area contributed by atoms with E-state index in [1.165, 1.54) is 14.2 Å². The Morgan fingerprint density at radius 3 is 2.28 bits per heavy atom. The van der Waals surface area contributed by atoms with E-state index >= 15 is 0 Å². The minimum Gasteiger partial charge on any atom is -0.496 e. The third-order valence-electron chi connectivity index (χ3n) is 2.33. The van der Waals surface area contributed by atoms with E-state index in [1.807, 2.05) is 0 Å². The minimum absolute atomic E-state index is 0.0660.